The van der Waals surface area contributed by atoms with Crippen molar-refractivity contribution >= 4 is 11.8 Å². The van der Waals surface area contributed by atoms with Crippen LogP contribution in [0.5, 0.6) is 0 Å². The lowest BCUT2D eigenvalue weighted by Gasteiger charge is -2.15. The normalized spacial score (nSPS) is 21.3. The minimum absolute atomic E-state index is 0.209. The van der Waals surface area contributed by atoms with Crippen LogP contribution in [0, 0.1) is 0 Å². The predicted octanol–water partition coefficient (Wildman–Crippen LogP) is 0.371. The van der Waals surface area contributed by atoms with E-state index in [0.29, 0.717) is 5.57 Å². The summed E-state index contributed by atoms with van der Waals surface area (Å²) in [5.74, 6) is -0.715. The van der Waals surface area contributed by atoms with E-state index in [9.17, 15) is 9.59 Å². The van der Waals surface area contributed by atoms with Gasteiger partial charge >= 0.3 is 0 Å². The van der Waals surface area contributed by atoms with E-state index < -0.39 is 0 Å². The van der Waals surface area contributed by atoms with Crippen molar-refractivity contribution in [2.75, 3.05) is 6.54 Å². The molecule has 0 radical (unpaired) electrons. The number of hydrogen-bond donors (Lipinski definition) is 1. The van der Waals surface area contributed by atoms with E-state index in [-0.39, 0.29) is 30.0 Å². The molecule has 1 aliphatic rings. The van der Waals surface area contributed by atoms with Gasteiger partial charge in [-0.3, -0.25) is 14.5 Å². The van der Waals surface area contributed by atoms with E-state index in [1.165, 1.54) is 12.2 Å². The first kappa shape index (κ1) is 11.4. The smallest absolute Gasteiger partial charge is 0.261 e. The maximum absolute atomic E-state index is 11.7. The van der Waals surface area contributed by atoms with Crippen molar-refractivity contribution in [3.63, 3.8) is 0 Å². The zero-order valence-corrected chi connectivity index (χ0v) is 8.69. The molecule has 1 rings (SSSR count). The molecule has 1 aliphatic heterocycles. The highest BCUT2D eigenvalue weighted by Gasteiger charge is 2.37. The number of nitrogens with two attached hydrogens (primary N) is 1. The number of carbonyl (C=O) groups excluding carboxylic acids is 2. The Kier molecular flexibility index (Phi) is 3.21. The average molecular weight is 206 g/mol. The van der Waals surface area contributed by atoms with Gasteiger partial charge in [-0.2, -0.15) is 0 Å². The Labute approximate surface area is 88.7 Å². The lowest BCUT2D eigenvalue weighted by molar-refractivity contribution is -0.136. The fourth-order valence-electron chi connectivity index (χ4n) is 1.39. The molecule has 0 aromatic carbocycles. The summed E-state index contributed by atoms with van der Waals surface area (Å²) in [6.45, 7) is 9.00. The van der Waals surface area contributed by atoms with Crippen molar-refractivity contribution in [3.05, 3.63) is 36.5 Å². The first-order valence-electron chi connectivity index (χ1n) is 4.62. The summed E-state index contributed by atoms with van der Waals surface area (Å²) in [6.07, 6.45) is 2.95. The minimum Gasteiger partial charge on any atom is -0.326 e. The molecule has 0 aromatic heterocycles. The summed E-state index contributed by atoms with van der Waals surface area (Å²) in [5, 5.41) is 0. The molecule has 1 fully saturated rings. The predicted molar refractivity (Wildman–Crippen MR) is 57.8 cm³/mol. The first-order chi connectivity index (χ1) is 6.99. The van der Waals surface area contributed by atoms with Crippen LogP contribution >= 0.6 is 0 Å². The van der Waals surface area contributed by atoms with E-state index in [0.717, 1.165) is 4.90 Å². The van der Waals surface area contributed by atoms with Crippen LogP contribution in [0.25, 0.3) is 0 Å². The molecular weight excluding hydrogens is 192 g/mol. The SMILES string of the molecule is C=C/C=C1\C(=C)C(=O)N(C[C@H](C)N)C1=O. The van der Waals surface area contributed by atoms with Gasteiger partial charge in [0, 0.05) is 18.2 Å². The van der Waals surface area contributed by atoms with Gasteiger partial charge in [-0.25, -0.2) is 0 Å². The highest BCUT2D eigenvalue weighted by atomic mass is 16.2. The van der Waals surface area contributed by atoms with Crippen LogP contribution in [0.3, 0.4) is 0 Å². The van der Waals surface area contributed by atoms with Crippen molar-refractivity contribution < 1.29 is 9.59 Å². The van der Waals surface area contributed by atoms with Gasteiger partial charge in [-0.15, -0.1) is 0 Å². The average Bonchev–Trinajstić information content (AvgIpc) is 2.35. The Balaban J connectivity index is 3.00. The van der Waals surface area contributed by atoms with Crippen LogP contribution in [-0.4, -0.2) is 29.3 Å². The molecular formula is C11H14N2O2. The topological polar surface area (TPSA) is 63.4 Å². The first-order valence-corrected chi connectivity index (χ1v) is 4.62. The molecule has 0 bridgehead atoms. The second-order valence-corrected chi connectivity index (χ2v) is 3.49. The Morgan fingerprint density at radius 3 is 2.53 bits per heavy atom. The number of hydrogen-bond acceptors (Lipinski definition) is 3. The maximum atomic E-state index is 11.7. The van der Waals surface area contributed by atoms with Crippen LogP contribution < -0.4 is 5.73 Å². The summed E-state index contributed by atoms with van der Waals surface area (Å²) in [4.78, 5) is 24.4. The third-order valence-electron chi connectivity index (χ3n) is 2.06. The molecule has 4 heteroatoms. The molecule has 0 aliphatic carbocycles. The Hall–Kier alpha value is -1.68. The quantitative estimate of drug-likeness (QED) is 0.536. The highest BCUT2D eigenvalue weighted by molar-refractivity contribution is 6.24. The number of imide groups is 1. The molecule has 0 unspecified atom stereocenters. The molecule has 1 heterocycles. The summed E-state index contributed by atoms with van der Waals surface area (Å²) in [7, 11) is 0. The van der Waals surface area contributed by atoms with Crippen LogP contribution in [0.1, 0.15) is 6.92 Å². The zero-order valence-electron chi connectivity index (χ0n) is 8.69. The zero-order chi connectivity index (χ0) is 11.6. The molecule has 0 aromatic rings. The van der Waals surface area contributed by atoms with E-state index in [4.69, 9.17) is 5.73 Å². The fraction of sp³-hybridized carbons (Fsp3) is 0.273. The monoisotopic (exact) mass is 206 g/mol. The van der Waals surface area contributed by atoms with Gasteiger partial charge in [0.2, 0.25) is 0 Å². The van der Waals surface area contributed by atoms with E-state index in [1.54, 1.807) is 6.92 Å². The Morgan fingerprint density at radius 2 is 2.07 bits per heavy atom. The molecule has 80 valence electrons. The minimum atomic E-state index is -0.370. The second-order valence-electron chi connectivity index (χ2n) is 3.49. The van der Waals surface area contributed by atoms with E-state index in [2.05, 4.69) is 13.2 Å². The Bertz CT molecular complexity index is 367. The third-order valence-corrected chi connectivity index (χ3v) is 2.06. The summed E-state index contributed by atoms with van der Waals surface area (Å²) < 4.78 is 0. The van der Waals surface area contributed by atoms with Gasteiger partial charge < -0.3 is 5.73 Å². The standard InChI is InChI=1S/C11H14N2O2/c1-4-5-9-8(3)10(14)13(11(9)15)6-7(2)12/h4-5,7H,1,3,6,12H2,2H3/b9-5+/t7-/m0/s1. The van der Waals surface area contributed by atoms with Crippen molar-refractivity contribution in [3.8, 4) is 0 Å². The van der Waals surface area contributed by atoms with Gasteiger partial charge in [0.15, 0.2) is 0 Å². The van der Waals surface area contributed by atoms with Crippen LogP contribution in [0.2, 0.25) is 0 Å². The molecule has 1 atom stereocenters. The van der Waals surface area contributed by atoms with Crippen molar-refractivity contribution in [1.82, 2.24) is 4.90 Å². The molecule has 4 nitrogen and oxygen atoms in total. The number of rotatable bonds is 3. The number of likely N-dealkylation sites (tertiary alicyclic amines) is 1. The highest BCUT2D eigenvalue weighted by Crippen LogP contribution is 2.23. The molecule has 0 spiro atoms. The third kappa shape index (κ3) is 2.05. The largest absolute Gasteiger partial charge is 0.326 e. The van der Waals surface area contributed by atoms with E-state index >= 15 is 0 Å². The fourth-order valence-corrected chi connectivity index (χ4v) is 1.39. The number of carbonyl (C=O) groups is 2. The van der Waals surface area contributed by atoms with Gasteiger partial charge in [-0.1, -0.05) is 19.2 Å². The lowest BCUT2D eigenvalue weighted by atomic mass is 10.1. The van der Waals surface area contributed by atoms with Gasteiger partial charge in [0.1, 0.15) is 0 Å². The molecule has 2 N–H and O–H groups in total. The Morgan fingerprint density at radius 1 is 1.47 bits per heavy atom. The van der Waals surface area contributed by atoms with Crippen LogP contribution in [-0.2, 0) is 9.59 Å². The molecule has 0 saturated carbocycles. The second kappa shape index (κ2) is 4.23. The number of allylic oxidation sites excluding steroid dienone is 2. The van der Waals surface area contributed by atoms with Crippen molar-refractivity contribution in [1.29, 1.82) is 0 Å². The molecule has 1 saturated heterocycles. The summed E-state index contributed by atoms with van der Waals surface area (Å²) >= 11 is 0. The number of nitrogens with zero attached hydrogens (tertiary/aromatic N) is 1. The molecule has 2 amide bonds. The number of amides is 2. The van der Waals surface area contributed by atoms with Crippen LogP contribution in [0.4, 0.5) is 0 Å². The summed E-state index contributed by atoms with van der Waals surface area (Å²) in [5.41, 5.74) is 6.06. The van der Waals surface area contributed by atoms with Crippen molar-refractivity contribution in [2.45, 2.75) is 13.0 Å². The van der Waals surface area contributed by atoms with Crippen molar-refractivity contribution in [2.24, 2.45) is 5.73 Å². The van der Waals surface area contributed by atoms with Crippen LogP contribution in [0.15, 0.2) is 36.5 Å². The van der Waals surface area contributed by atoms with Gasteiger partial charge in [0.25, 0.3) is 11.8 Å². The summed E-state index contributed by atoms with van der Waals surface area (Å²) in [6, 6.07) is -0.242. The maximum Gasteiger partial charge on any atom is 0.261 e. The lowest BCUT2D eigenvalue weighted by Crippen LogP contribution is -2.39. The van der Waals surface area contributed by atoms with Gasteiger partial charge in [0.05, 0.1) is 5.57 Å². The van der Waals surface area contributed by atoms with E-state index in [1.807, 2.05) is 0 Å². The van der Waals surface area contributed by atoms with Gasteiger partial charge in [-0.05, 0) is 13.0 Å². The molecule has 15 heavy (non-hydrogen) atoms.